The van der Waals surface area contributed by atoms with Gasteiger partial charge in [-0.1, -0.05) is 23.4 Å². The van der Waals surface area contributed by atoms with Crippen molar-refractivity contribution < 1.29 is 9.59 Å². The minimum atomic E-state index is -0.684. The van der Waals surface area contributed by atoms with E-state index in [4.69, 9.17) is 0 Å². The van der Waals surface area contributed by atoms with E-state index in [0.717, 1.165) is 25.9 Å². The number of piperidine rings is 1. The molecule has 2 heterocycles. The summed E-state index contributed by atoms with van der Waals surface area (Å²) in [6.07, 6.45) is 3.56. The van der Waals surface area contributed by atoms with Crippen molar-refractivity contribution in [2.24, 2.45) is 0 Å². The molecule has 25 heavy (non-hydrogen) atoms. The number of rotatable bonds is 5. The number of amides is 2. The fraction of sp³-hybridized carbons (Fsp3) is 0.412. The Balaban J connectivity index is 1.56. The molecule has 2 amide bonds. The Bertz CT molecular complexity index is 724. The number of nitrogens with zero attached hydrogens (tertiary/aromatic N) is 3. The van der Waals surface area contributed by atoms with E-state index in [1.54, 1.807) is 29.9 Å². The molecule has 1 aliphatic heterocycles. The van der Waals surface area contributed by atoms with Crippen molar-refractivity contribution in [2.75, 3.05) is 18.4 Å². The Hall–Kier alpha value is -2.74. The first-order valence-electron chi connectivity index (χ1n) is 8.43. The van der Waals surface area contributed by atoms with E-state index in [0.29, 0.717) is 5.69 Å². The molecule has 8 nitrogen and oxygen atoms in total. The summed E-state index contributed by atoms with van der Waals surface area (Å²) in [5.74, 6) is -0.693. The average Bonchev–Trinajstić information content (AvgIpc) is 3.13. The molecule has 0 aliphatic carbocycles. The summed E-state index contributed by atoms with van der Waals surface area (Å²) in [7, 11) is 0. The molecule has 1 unspecified atom stereocenters. The molecule has 3 N–H and O–H groups in total. The van der Waals surface area contributed by atoms with Crippen molar-refractivity contribution in [3.63, 3.8) is 0 Å². The van der Waals surface area contributed by atoms with Crippen LogP contribution in [0.2, 0.25) is 0 Å². The summed E-state index contributed by atoms with van der Waals surface area (Å²) < 4.78 is 1.74. The Morgan fingerprint density at radius 3 is 2.68 bits per heavy atom. The van der Waals surface area contributed by atoms with Gasteiger partial charge in [0.05, 0.1) is 12.2 Å². The third kappa shape index (κ3) is 4.42. The van der Waals surface area contributed by atoms with Crippen LogP contribution in [0.25, 0.3) is 0 Å². The molecule has 132 valence electrons. The highest BCUT2D eigenvalue weighted by molar-refractivity contribution is 6.00. The van der Waals surface area contributed by atoms with E-state index in [-0.39, 0.29) is 17.6 Å². The minimum absolute atomic E-state index is 0.220. The SMILES string of the molecule is CC(NC(=O)c1cn(C2CCNCC2)nn1)C(=O)Nc1ccccc1. The second-order valence-corrected chi connectivity index (χ2v) is 6.12. The molecule has 1 aromatic heterocycles. The van der Waals surface area contributed by atoms with Crippen molar-refractivity contribution in [2.45, 2.75) is 31.8 Å². The molecule has 1 aliphatic rings. The predicted molar refractivity (Wildman–Crippen MR) is 93.2 cm³/mol. The number of para-hydroxylation sites is 1. The lowest BCUT2D eigenvalue weighted by Crippen LogP contribution is -2.41. The number of nitrogens with one attached hydrogen (secondary N) is 3. The van der Waals surface area contributed by atoms with Crippen LogP contribution < -0.4 is 16.0 Å². The summed E-state index contributed by atoms with van der Waals surface area (Å²) in [5.41, 5.74) is 0.906. The average molecular weight is 342 g/mol. The van der Waals surface area contributed by atoms with Gasteiger partial charge in [0.2, 0.25) is 5.91 Å². The molecular formula is C17H22N6O2. The van der Waals surface area contributed by atoms with E-state index < -0.39 is 11.9 Å². The summed E-state index contributed by atoms with van der Waals surface area (Å²) in [6, 6.07) is 8.68. The van der Waals surface area contributed by atoms with Crippen LogP contribution in [0.3, 0.4) is 0 Å². The number of carbonyl (C=O) groups excluding carboxylic acids is 2. The summed E-state index contributed by atoms with van der Waals surface area (Å²) in [6.45, 7) is 3.50. The maximum Gasteiger partial charge on any atom is 0.274 e. The van der Waals surface area contributed by atoms with E-state index in [9.17, 15) is 9.59 Å². The normalized spacial score (nSPS) is 16.2. The Morgan fingerprint density at radius 1 is 1.24 bits per heavy atom. The second kappa shape index (κ2) is 7.89. The first kappa shape index (κ1) is 17.1. The minimum Gasteiger partial charge on any atom is -0.339 e. The number of hydrogen-bond donors (Lipinski definition) is 3. The van der Waals surface area contributed by atoms with Crippen molar-refractivity contribution in [1.29, 1.82) is 0 Å². The van der Waals surface area contributed by atoms with Crippen LogP contribution in [0.15, 0.2) is 36.5 Å². The smallest absolute Gasteiger partial charge is 0.274 e. The summed E-state index contributed by atoms with van der Waals surface area (Å²) in [4.78, 5) is 24.4. The van der Waals surface area contributed by atoms with Gasteiger partial charge in [0.25, 0.3) is 5.91 Å². The van der Waals surface area contributed by atoms with Crippen LogP contribution in [0.5, 0.6) is 0 Å². The fourth-order valence-electron chi connectivity index (χ4n) is 2.74. The molecule has 1 fully saturated rings. The molecule has 0 saturated carbocycles. The van der Waals surface area contributed by atoms with Crippen LogP contribution in [0.4, 0.5) is 5.69 Å². The second-order valence-electron chi connectivity index (χ2n) is 6.12. The van der Waals surface area contributed by atoms with E-state index in [1.807, 2.05) is 18.2 Å². The van der Waals surface area contributed by atoms with Gasteiger partial charge < -0.3 is 16.0 Å². The number of aromatic nitrogens is 3. The maximum atomic E-state index is 12.3. The van der Waals surface area contributed by atoms with Gasteiger partial charge in [-0.2, -0.15) is 0 Å². The van der Waals surface area contributed by atoms with Crippen molar-refractivity contribution in [3.05, 3.63) is 42.2 Å². The number of hydrogen-bond acceptors (Lipinski definition) is 5. The van der Waals surface area contributed by atoms with Gasteiger partial charge in [-0.05, 0) is 45.0 Å². The highest BCUT2D eigenvalue weighted by Gasteiger charge is 2.21. The molecular weight excluding hydrogens is 320 g/mol. The lowest BCUT2D eigenvalue weighted by atomic mass is 10.1. The first-order chi connectivity index (χ1) is 12.1. The predicted octanol–water partition coefficient (Wildman–Crippen LogP) is 0.960. The van der Waals surface area contributed by atoms with Gasteiger partial charge >= 0.3 is 0 Å². The molecule has 1 saturated heterocycles. The number of anilines is 1. The zero-order valence-electron chi connectivity index (χ0n) is 14.1. The van der Waals surface area contributed by atoms with Gasteiger partial charge in [-0.15, -0.1) is 5.10 Å². The molecule has 0 radical (unpaired) electrons. The lowest BCUT2D eigenvalue weighted by molar-refractivity contribution is -0.117. The number of benzene rings is 1. The summed E-state index contributed by atoms with van der Waals surface area (Å²) in [5, 5.41) is 16.7. The maximum absolute atomic E-state index is 12.3. The van der Waals surface area contributed by atoms with Crippen LogP contribution in [0.1, 0.15) is 36.3 Å². The molecule has 1 atom stereocenters. The van der Waals surface area contributed by atoms with Crippen LogP contribution in [-0.4, -0.2) is 45.9 Å². The van der Waals surface area contributed by atoms with E-state index in [2.05, 4.69) is 26.3 Å². The van der Waals surface area contributed by atoms with Gasteiger partial charge in [0.15, 0.2) is 5.69 Å². The van der Waals surface area contributed by atoms with Crippen molar-refractivity contribution in [1.82, 2.24) is 25.6 Å². The summed E-state index contributed by atoms with van der Waals surface area (Å²) >= 11 is 0. The van der Waals surface area contributed by atoms with Crippen LogP contribution in [0, 0.1) is 0 Å². The van der Waals surface area contributed by atoms with Crippen LogP contribution >= 0.6 is 0 Å². The lowest BCUT2D eigenvalue weighted by Gasteiger charge is -2.22. The monoisotopic (exact) mass is 342 g/mol. The zero-order chi connectivity index (χ0) is 17.6. The largest absolute Gasteiger partial charge is 0.339 e. The molecule has 1 aromatic carbocycles. The molecule has 8 heteroatoms. The zero-order valence-corrected chi connectivity index (χ0v) is 14.1. The topological polar surface area (TPSA) is 101 Å². The van der Waals surface area contributed by atoms with Gasteiger partial charge in [0.1, 0.15) is 6.04 Å². The molecule has 0 spiro atoms. The van der Waals surface area contributed by atoms with E-state index >= 15 is 0 Å². The molecule has 3 rings (SSSR count). The quantitative estimate of drug-likeness (QED) is 0.751. The van der Waals surface area contributed by atoms with Crippen molar-refractivity contribution >= 4 is 17.5 Å². The molecule has 2 aromatic rings. The standard InChI is InChI=1S/C17H22N6O2/c1-12(16(24)20-13-5-3-2-4-6-13)19-17(25)15-11-23(22-21-15)14-7-9-18-10-8-14/h2-6,11-12,14,18H,7-10H2,1H3,(H,19,25)(H,20,24). The van der Waals surface area contributed by atoms with Gasteiger partial charge in [-0.25, -0.2) is 4.68 Å². The highest BCUT2D eigenvalue weighted by Crippen LogP contribution is 2.17. The van der Waals surface area contributed by atoms with Crippen LogP contribution in [-0.2, 0) is 4.79 Å². The molecule has 0 bridgehead atoms. The number of carbonyl (C=O) groups is 2. The van der Waals surface area contributed by atoms with E-state index in [1.165, 1.54) is 0 Å². The Morgan fingerprint density at radius 2 is 1.96 bits per heavy atom. The third-order valence-corrected chi connectivity index (χ3v) is 4.21. The van der Waals surface area contributed by atoms with Gasteiger partial charge in [0, 0.05) is 5.69 Å². The third-order valence-electron chi connectivity index (χ3n) is 4.21. The highest BCUT2D eigenvalue weighted by atomic mass is 16.2. The Kier molecular flexibility index (Phi) is 5.39. The first-order valence-corrected chi connectivity index (χ1v) is 8.43. The van der Waals surface area contributed by atoms with Crippen molar-refractivity contribution in [3.8, 4) is 0 Å². The van der Waals surface area contributed by atoms with Gasteiger partial charge in [-0.3, -0.25) is 9.59 Å². The Labute approximate surface area is 146 Å². The fourth-order valence-corrected chi connectivity index (χ4v) is 2.74.